The van der Waals surface area contributed by atoms with Crippen LogP contribution in [0.15, 0.2) is 0 Å². The highest BCUT2D eigenvalue weighted by Crippen LogP contribution is 2.30. The lowest BCUT2D eigenvalue weighted by Gasteiger charge is -2.26. The number of carbonyl (C=O) groups excluding carboxylic acids is 1. The summed E-state index contributed by atoms with van der Waals surface area (Å²) in [6.07, 6.45) is 2.22. The first-order valence-corrected chi connectivity index (χ1v) is 6.31. The topological polar surface area (TPSA) is 44.8 Å². The van der Waals surface area contributed by atoms with E-state index in [1.54, 1.807) is 0 Å². The molecule has 17 heavy (non-hydrogen) atoms. The summed E-state index contributed by atoms with van der Waals surface area (Å²) in [5.74, 6) is 0.191. The van der Waals surface area contributed by atoms with E-state index < -0.39 is 5.79 Å². The van der Waals surface area contributed by atoms with Crippen molar-refractivity contribution in [3.05, 3.63) is 0 Å². The fourth-order valence-corrected chi connectivity index (χ4v) is 2.12. The second-order valence-electron chi connectivity index (χ2n) is 5.15. The number of methoxy groups -OCH3 is 1. The van der Waals surface area contributed by atoms with Gasteiger partial charge in [-0.25, -0.2) is 0 Å². The number of ether oxygens (including phenoxy) is 3. The van der Waals surface area contributed by atoms with Crippen molar-refractivity contribution in [2.24, 2.45) is 11.8 Å². The Morgan fingerprint density at radius 3 is 2.41 bits per heavy atom. The van der Waals surface area contributed by atoms with Gasteiger partial charge in [0.25, 0.3) is 0 Å². The number of esters is 1. The van der Waals surface area contributed by atoms with Crippen LogP contribution in [0, 0.1) is 11.8 Å². The van der Waals surface area contributed by atoms with Gasteiger partial charge in [0, 0.05) is 12.8 Å². The van der Waals surface area contributed by atoms with E-state index in [2.05, 4.69) is 13.8 Å². The Balaban J connectivity index is 2.41. The summed E-state index contributed by atoms with van der Waals surface area (Å²) in [6, 6.07) is 0. The summed E-state index contributed by atoms with van der Waals surface area (Å²) in [6.45, 7) is 7.56. The molecule has 1 fully saturated rings. The highest BCUT2D eigenvalue weighted by molar-refractivity contribution is 5.69. The number of hydrogen-bond acceptors (Lipinski definition) is 4. The van der Waals surface area contributed by atoms with Crippen LogP contribution in [-0.2, 0) is 19.0 Å². The molecule has 0 spiro atoms. The predicted octanol–water partition coefficient (Wildman–Crippen LogP) is 2.36. The summed E-state index contributed by atoms with van der Waals surface area (Å²) in [5.41, 5.74) is 0. The highest BCUT2D eigenvalue weighted by Gasteiger charge is 2.32. The van der Waals surface area contributed by atoms with Gasteiger partial charge in [-0.1, -0.05) is 13.8 Å². The predicted molar refractivity (Wildman–Crippen MR) is 64.5 cm³/mol. The number of carbonyl (C=O) groups is 1. The van der Waals surface area contributed by atoms with Crippen LogP contribution >= 0.6 is 0 Å². The molecular formula is C13H24O4. The molecule has 1 rings (SSSR count). The van der Waals surface area contributed by atoms with Crippen LogP contribution in [0.5, 0.6) is 0 Å². The minimum absolute atomic E-state index is 0.137. The molecule has 0 aromatic heterocycles. The Kier molecular flexibility index (Phi) is 5.40. The summed E-state index contributed by atoms with van der Waals surface area (Å²) < 4.78 is 15.9. The molecule has 100 valence electrons. The van der Waals surface area contributed by atoms with Crippen molar-refractivity contribution in [2.45, 2.75) is 45.8 Å². The van der Waals surface area contributed by atoms with Crippen molar-refractivity contribution in [1.29, 1.82) is 0 Å². The molecule has 0 aromatic rings. The third-order valence-corrected chi connectivity index (χ3v) is 3.47. The molecule has 1 heterocycles. The van der Waals surface area contributed by atoms with E-state index in [9.17, 15) is 4.79 Å². The second kappa shape index (κ2) is 6.36. The van der Waals surface area contributed by atoms with Crippen molar-refractivity contribution in [3.63, 3.8) is 0 Å². The molecule has 0 unspecified atom stereocenters. The van der Waals surface area contributed by atoms with Crippen LogP contribution < -0.4 is 0 Å². The Morgan fingerprint density at radius 1 is 1.35 bits per heavy atom. The third-order valence-electron chi connectivity index (χ3n) is 3.47. The quantitative estimate of drug-likeness (QED) is 0.673. The van der Waals surface area contributed by atoms with Crippen molar-refractivity contribution in [1.82, 2.24) is 0 Å². The first kappa shape index (κ1) is 14.5. The van der Waals surface area contributed by atoms with Crippen LogP contribution in [0.4, 0.5) is 0 Å². The van der Waals surface area contributed by atoms with Gasteiger partial charge < -0.3 is 14.2 Å². The van der Waals surface area contributed by atoms with Crippen molar-refractivity contribution >= 4 is 5.97 Å². The van der Waals surface area contributed by atoms with Gasteiger partial charge in [-0.2, -0.15) is 0 Å². The molecule has 0 saturated carbocycles. The van der Waals surface area contributed by atoms with Crippen LogP contribution in [0.2, 0.25) is 0 Å². The maximum atomic E-state index is 11.3. The molecule has 4 nitrogen and oxygen atoms in total. The minimum Gasteiger partial charge on any atom is -0.469 e. The van der Waals surface area contributed by atoms with Gasteiger partial charge in [-0.3, -0.25) is 4.79 Å². The standard InChI is InChI=1S/C13H24O4/c1-10(2)11(9-12(14)15-4)5-6-13(3)16-7-8-17-13/h10-11H,5-9H2,1-4H3/t11-/m0/s1. The van der Waals surface area contributed by atoms with E-state index in [0.29, 0.717) is 31.5 Å². The zero-order chi connectivity index (χ0) is 12.9. The molecular weight excluding hydrogens is 220 g/mol. The van der Waals surface area contributed by atoms with E-state index in [1.165, 1.54) is 7.11 Å². The van der Waals surface area contributed by atoms with Gasteiger partial charge in [0.05, 0.1) is 20.3 Å². The van der Waals surface area contributed by atoms with Gasteiger partial charge in [0.1, 0.15) is 0 Å². The normalized spacial score (nSPS) is 20.5. The van der Waals surface area contributed by atoms with Gasteiger partial charge in [0.15, 0.2) is 5.79 Å². The van der Waals surface area contributed by atoms with E-state index in [1.807, 2.05) is 6.92 Å². The highest BCUT2D eigenvalue weighted by atomic mass is 16.7. The van der Waals surface area contributed by atoms with E-state index in [-0.39, 0.29) is 5.97 Å². The largest absolute Gasteiger partial charge is 0.469 e. The zero-order valence-electron chi connectivity index (χ0n) is 11.3. The van der Waals surface area contributed by atoms with Gasteiger partial charge in [-0.05, 0) is 25.2 Å². The van der Waals surface area contributed by atoms with Crippen LogP contribution in [0.25, 0.3) is 0 Å². The zero-order valence-corrected chi connectivity index (χ0v) is 11.3. The molecule has 4 heteroatoms. The van der Waals surface area contributed by atoms with Gasteiger partial charge >= 0.3 is 5.97 Å². The Bertz CT molecular complexity index is 244. The molecule has 1 saturated heterocycles. The second-order valence-corrected chi connectivity index (χ2v) is 5.15. The van der Waals surface area contributed by atoms with E-state index in [0.717, 1.165) is 12.8 Å². The first-order chi connectivity index (χ1) is 7.97. The summed E-state index contributed by atoms with van der Waals surface area (Å²) >= 11 is 0. The molecule has 0 aliphatic carbocycles. The molecule has 1 atom stereocenters. The monoisotopic (exact) mass is 244 g/mol. The fraction of sp³-hybridized carbons (Fsp3) is 0.923. The number of rotatable bonds is 6. The lowest BCUT2D eigenvalue weighted by atomic mass is 9.87. The fourth-order valence-electron chi connectivity index (χ4n) is 2.12. The maximum Gasteiger partial charge on any atom is 0.305 e. The van der Waals surface area contributed by atoms with Crippen molar-refractivity contribution in [2.75, 3.05) is 20.3 Å². The molecule has 0 N–H and O–H groups in total. The number of hydrogen-bond donors (Lipinski definition) is 0. The summed E-state index contributed by atoms with van der Waals surface area (Å²) in [5, 5.41) is 0. The maximum absolute atomic E-state index is 11.3. The van der Waals surface area contributed by atoms with Crippen LogP contribution in [-0.4, -0.2) is 32.1 Å². The molecule has 0 amide bonds. The third kappa shape index (κ3) is 4.64. The SMILES string of the molecule is COC(=O)C[C@H](CCC1(C)OCCO1)C(C)C. The molecule has 1 aliphatic heterocycles. The first-order valence-electron chi connectivity index (χ1n) is 6.31. The van der Waals surface area contributed by atoms with Crippen molar-refractivity contribution < 1.29 is 19.0 Å². The Hall–Kier alpha value is -0.610. The Morgan fingerprint density at radius 2 is 1.94 bits per heavy atom. The average Bonchev–Trinajstić information content (AvgIpc) is 2.71. The molecule has 1 aliphatic rings. The molecule has 0 aromatic carbocycles. The van der Waals surface area contributed by atoms with Crippen LogP contribution in [0.3, 0.4) is 0 Å². The lowest BCUT2D eigenvalue weighted by molar-refractivity contribution is -0.152. The lowest BCUT2D eigenvalue weighted by Crippen LogP contribution is -2.27. The van der Waals surface area contributed by atoms with Gasteiger partial charge in [-0.15, -0.1) is 0 Å². The smallest absolute Gasteiger partial charge is 0.305 e. The van der Waals surface area contributed by atoms with Crippen molar-refractivity contribution in [3.8, 4) is 0 Å². The summed E-state index contributed by atoms with van der Waals surface area (Å²) in [7, 11) is 1.43. The van der Waals surface area contributed by atoms with Gasteiger partial charge in [0.2, 0.25) is 0 Å². The van der Waals surface area contributed by atoms with E-state index >= 15 is 0 Å². The minimum atomic E-state index is -0.455. The van der Waals surface area contributed by atoms with E-state index in [4.69, 9.17) is 14.2 Å². The molecule has 0 radical (unpaired) electrons. The average molecular weight is 244 g/mol. The van der Waals surface area contributed by atoms with Crippen LogP contribution in [0.1, 0.15) is 40.0 Å². The Labute approximate surface area is 104 Å². The molecule has 0 bridgehead atoms. The summed E-state index contributed by atoms with van der Waals surface area (Å²) in [4.78, 5) is 11.3.